The summed E-state index contributed by atoms with van der Waals surface area (Å²) in [5.41, 5.74) is 2.43. The number of hydrogen-bond donors (Lipinski definition) is 3. The van der Waals surface area contributed by atoms with Gasteiger partial charge in [-0.25, -0.2) is 0 Å². The molecule has 1 aliphatic rings. The van der Waals surface area contributed by atoms with E-state index in [1.807, 2.05) is 18.2 Å². The molecule has 2 heterocycles. The average Bonchev–Trinajstić information content (AvgIpc) is 3.19. The second kappa shape index (κ2) is 7.98. The van der Waals surface area contributed by atoms with E-state index in [0.717, 1.165) is 30.1 Å². The first-order valence-corrected chi connectivity index (χ1v) is 9.63. The van der Waals surface area contributed by atoms with Gasteiger partial charge in [0.25, 0.3) is 5.91 Å². The summed E-state index contributed by atoms with van der Waals surface area (Å²) in [4.78, 5) is 12.2. The molecule has 0 spiro atoms. The summed E-state index contributed by atoms with van der Waals surface area (Å²) in [6, 6.07) is 13.3. The number of H-pyrrole nitrogens is 1. The molecule has 1 amide bonds. The molecule has 1 saturated carbocycles. The van der Waals surface area contributed by atoms with Crippen LogP contribution in [0.2, 0.25) is 5.02 Å². The monoisotopic (exact) mass is 396 g/mol. The fraction of sp³-hybridized carbons (Fsp3) is 0.300. The molecule has 0 unspecified atom stereocenters. The second-order valence-electron chi connectivity index (χ2n) is 7.07. The summed E-state index contributed by atoms with van der Waals surface area (Å²) < 4.78 is 0. The molecule has 0 bridgehead atoms. The lowest BCUT2D eigenvalue weighted by molar-refractivity contribution is 0.0944. The summed E-state index contributed by atoms with van der Waals surface area (Å²) in [5.74, 6) is 0.376. The van der Waals surface area contributed by atoms with E-state index in [1.54, 1.807) is 24.4 Å². The molecule has 0 saturated heterocycles. The van der Waals surface area contributed by atoms with Crippen molar-refractivity contribution in [3.8, 4) is 0 Å². The van der Waals surface area contributed by atoms with E-state index in [0.29, 0.717) is 12.4 Å². The van der Waals surface area contributed by atoms with Gasteiger partial charge in [-0.1, -0.05) is 30.2 Å². The predicted molar refractivity (Wildman–Crippen MR) is 107 cm³/mol. The largest absolute Gasteiger partial charge is 0.368 e. The van der Waals surface area contributed by atoms with Crippen LogP contribution in [0.3, 0.4) is 0 Å². The van der Waals surface area contributed by atoms with Crippen molar-refractivity contribution in [2.24, 2.45) is 0 Å². The van der Waals surface area contributed by atoms with Crippen molar-refractivity contribution in [3.63, 3.8) is 0 Å². The van der Waals surface area contributed by atoms with Crippen LogP contribution in [0, 0.1) is 0 Å². The Kier molecular flexibility index (Phi) is 5.25. The third-order valence-electron chi connectivity index (χ3n) is 5.25. The van der Waals surface area contributed by atoms with Gasteiger partial charge in [0, 0.05) is 23.2 Å². The number of carbonyl (C=O) groups excluding carboxylic acids is 1. The van der Waals surface area contributed by atoms with Gasteiger partial charge >= 0.3 is 0 Å². The van der Waals surface area contributed by atoms with E-state index in [2.05, 4.69) is 37.1 Å². The average molecular weight is 397 g/mol. The molecule has 144 valence electrons. The van der Waals surface area contributed by atoms with E-state index in [-0.39, 0.29) is 17.0 Å². The molecule has 2 aromatic heterocycles. The van der Waals surface area contributed by atoms with Crippen LogP contribution in [0.5, 0.6) is 0 Å². The minimum absolute atomic E-state index is 0.0761. The minimum atomic E-state index is -0.275. The molecule has 0 atom stereocenters. The Bertz CT molecular complexity index is 938. The number of amides is 1. The summed E-state index contributed by atoms with van der Waals surface area (Å²) in [7, 11) is 0. The maximum absolute atomic E-state index is 12.2. The lowest BCUT2D eigenvalue weighted by Crippen LogP contribution is -2.41. The smallest absolute Gasteiger partial charge is 0.272 e. The third kappa shape index (κ3) is 3.99. The van der Waals surface area contributed by atoms with Crippen LogP contribution < -0.4 is 10.6 Å². The van der Waals surface area contributed by atoms with Crippen LogP contribution in [0.4, 0.5) is 5.82 Å². The fourth-order valence-electron chi connectivity index (χ4n) is 3.45. The lowest BCUT2D eigenvalue weighted by atomic mass is 9.64. The molecule has 28 heavy (non-hydrogen) atoms. The molecule has 3 aromatic rings. The Balaban J connectivity index is 1.36. The van der Waals surface area contributed by atoms with Crippen LogP contribution in [0.1, 0.15) is 41.0 Å². The van der Waals surface area contributed by atoms with Crippen molar-refractivity contribution in [2.75, 3.05) is 11.9 Å². The molecule has 1 aromatic carbocycles. The van der Waals surface area contributed by atoms with Gasteiger partial charge in [-0.3, -0.25) is 9.89 Å². The number of benzene rings is 1. The van der Waals surface area contributed by atoms with E-state index < -0.39 is 0 Å². The van der Waals surface area contributed by atoms with Gasteiger partial charge < -0.3 is 10.6 Å². The molecule has 4 rings (SSSR count). The van der Waals surface area contributed by atoms with Crippen molar-refractivity contribution in [2.45, 2.75) is 31.2 Å². The molecular weight excluding hydrogens is 376 g/mol. The molecule has 1 aliphatic carbocycles. The number of aromatic amines is 1. The zero-order chi connectivity index (χ0) is 19.4. The first-order chi connectivity index (χ1) is 13.6. The maximum atomic E-state index is 12.2. The van der Waals surface area contributed by atoms with E-state index in [4.69, 9.17) is 11.6 Å². The summed E-state index contributed by atoms with van der Waals surface area (Å²) >= 11 is 6.17. The highest BCUT2D eigenvalue weighted by molar-refractivity contribution is 6.30. The minimum Gasteiger partial charge on any atom is -0.368 e. The molecule has 7 nitrogen and oxygen atoms in total. The van der Waals surface area contributed by atoms with Gasteiger partial charge in [-0.05, 0) is 48.7 Å². The van der Waals surface area contributed by atoms with Gasteiger partial charge in [0.1, 0.15) is 5.82 Å². The highest BCUT2D eigenvalue weighted by Crippen LogP contribution is 2.44. The topological polar surface area (TPSA) is 95.6 Å². The normalized spacial score (nSPS) is 14.9. The SMILES string of the molecule is O=C(NCc1ccn[nH]1)c1ccc(NCC2(c3cccc(Cl)c3)CCC2)nn1. The van der Waals surface area contributed by atoms with Crippen molar-refractivity contribution in [1.82, 2.24) is 25.7 Å². The molecular formula is C20H21ClN6O. The van der Waals surface area contributed by atoms with Crippen LogP contribution in [0.25, 0.3) is 0 Å². The number of aromatic nitrogens is 4. The first kappa shape index (κ1) is 18.4. The van der Waals surface area contributed by atoms with Crippen molar-refractivity contribution in [1.29, 1.82) is 0 Å². The van der Waals surface area contributed by atoms with Crippen molar-refractivity contribution in [3.05, 3.63) is 70.6 Å². The number of carbonyl (C=O) groups is 1. The van der Waals surface area contributed by atoms with Crippen LogP contribution in [-0.4, -0.2) is 32.8 Å². The van der Waals surface area contributed by atoms with Gasteiger partial charge in [-0.2, -0.15) is 5.10 Å². The summed E-state index contributed by atoms with van der Waals surface area (Å²) in [5, 5.41) is 21.7. The van der Waals surface area contributed by atoms with Crippen molar-refractivity contribution >= 4 is 23.3 Å². The van der Waals surface area contributed by atoms with Crippen molar-refractivity contribution < 1.29 is 4.79 Å². The highest BCUT2D eigenvalue weighted by Gasteiger charge is 2.38. The molecule has 0 radical (unpaired) electrons. The standard InChI is InChI=1S/C20H21ClN6O/c21-15-4-1-3-14(11-15)20(8-2-9-20)13-23-18-6-5-17(26-27-18)19(28)22-12-16-7-10-24-25-16/h1,3-7,10-11H,2,8-9,12-13H2,(H,22,28)(H,23,27)(H,24,25). The molecule has 8 heteroatoms. The Hall–Kier alpha value is -2.93. The number of hydrogen-bond acceptors (Lipinski definition) is 5. The predicted octanol–water partition coefficient (Wildman–Crippen LogP) is 3.32. The quantitative estimate of drug-likeness (QED) is 0.569. The Morgan fingerprint density at radius 2 is 2.07 bits per heavy atom. The second-order valence-corrected chi connectivity index (χ2v) is 7.50. The van der Waals surface area contributed by atoms with Crippen LogP contribution in [0.15, 0.2) is 48.7 Å². The Morgan fingerprint density at radius 1 is 1.18 bits per heavy atom. The summed E-state index contributed by atoms with van der Waals surface area (Å²) in [6.45, 7) is 1.12. The summed E-state index contributed by atoms with van der Waals surface area (Å²) in [6.07, 6.45) is 5.07. The van der Waals surface area contributed by atoms with Gasteiger partial charge in [0.15, 0.2) is 5.69 Å². The Morgan fingerprint density at radius 3 is 2.71 bits per heavy atom. The first-order valence-electron chi connectivity index (χ1n) is 9.25. The van der Waals surface area contributed by atoms with Gasteiger partial charge in [0.2, 0.25) is 0 Å². The lowest BCUT2D eigenvalue weighted by Gasteiger charge is -2.42. The molecule has 3 N–H and O–H groups in total. The third-order valence-corrected chi connectivity index (χ3v) is 5.49. The highest BCUT2D eigenvalue weighted by atomic mass is 35.5. The van der Waals surface area contributed by atoms with Gasteiger partial charge in [0.05, 0.1) is 12.2 Å². The number of halogens is 1. The van der Waals surface area contributed by atoms with Crippen LogP contribution >= 0.6 is 11.6 Å². The zero-order valence-electron chi connectivity index (χ0n) is 15.3. The van der Waals surface area contributed by atoms with E-state index >= 15 is 0 Å². The molecule has 1 fully saturated rings. The number of anilines is 1. The molecule has 0 aliphatic heterocycles. The van der Waals surface area contributed by atoms with Gasteiger partial charge in [-0.15, -0.1) is 10.2 Å². The zero-order valence-corrected chi connectivity index (χ0v) is 16.0. The van der Waals surface area contributed by atoms with E-state index in [9.17, 15) is 4.79 Å². The fourth-order valence-corrected chi connectivity index (χ4v) is 3.64. The maximum Gasteiger partial charge on any atom is 0.272 e. The number of nitrogens with one attached hydrogen (secondary N) is 3. The van der Waals surface area contributed by atoms with Crippen LogP contribution in [-0.2, 0) is 12.0 Å². The number of nitrogens with zero attached hydrogens (tertiary/aromatic N) is 3. The number of rotatable bonds is 7. The Labute approximate surface area is 167 Å². The van der Waals surface area contributed by atoms with E-state index in [1.165, 1.54) is 12.0 Å².